The maximum atomic E-state index is 13.3. The zero-order valence-corrected chi connectivity index (χ0v) is 18.6. The molecular weight excluding hydrogens is 428 g/mol. The molecule has 0 bridgehead atoms. The van der Waals surface area contributed by atoms with Gasteiger partial charge in [0, 0.05) is 11.5 Å². The van der Waals surface area contributed by atoms with Crippen LogP contribution in [0.4, 0.5) is 0 Å². The number of carbonyl (C=O) groups excluding carboxylic acids is 2. The van der Waals surface area contributed by atoms with E-state index < -0.39 is 18.0 Å². The van der Waals surface area contributed by atoms with Crippen LogP contribution in [0.5, 0.6) is 5.75 Å². The second-order valence-corrected chi connectivity index (χ2v) is 7.38. The minimum absolute atomic E-state index is 0.224. The van der Waals surface area contributed by atoms with Crippen LogP contribution < -0.4 is 10.2 Å². The average Bonchev–Trinajstić information content (AvgIpc) is 3.22. The Kier molecular flexibility index (Phi) is 5.91. The lowest BCUT2D eigenvalue weighted by molar-refractivity contribution is -0.147. The smallest absolute Gasteiger partial charge is 0.346 e. The number of hydrogen-bond donors (Lipinski definition) is 0. The molecule has 1 atom stereocenters. The highest BCUT2D eigenvalue weighted by atomic mass is 16.6. The van der Waals surface area contributed by atoms with Crippen molar-refractivity contribution >= 4 is 33.9 Å². The maximum absolute atomic E-state index is 13.3. The van der Waals surface area contributed by atoms with Gasteiger partial charge in [-0.05, 0) is 50.6 Å². The van der Waals surface area contributed by atoms with E-state index in [0.29, 0.717) is 50.1 Å². The van der Waals surface area contributed by atoms with Gasteiger partial charge in [-0.2, -0.15) is 0 Å². The molecule has 0 aliphatic rings. The van der Waals surface area contributed by atoms with Crippen LogP contribution in [0.15, 0.2) is 56.3 Å². The summed E-state index contributed by atoms with van der Waals surface area (Å²) in [4.78, 5) is 37.0. The molecule has 0 saturated carbocycles. The molecule has 2 aromatic heterocycles. The number of ether oxygens (including phenoxy) is 3. The topological polar surface area (TPSA) is 105 Å². The van der Waals surface area contributed by atoms with Crippen LogP contribution >= 0.6 is 0 Å². The largest absolute Gasteiger partial charge is 0.479 e. The summed E-state index contributed by atoms with van der Waals surface area (Å²) in [6.07, 6.45) is 0.540. The van der Waals surface area contributed by atoms with Crippen molar-refractivity contribution in [3.8, 4) is 16.9 Å². The van der Waals surface area contributed by atoms with E-state index in [1.807, 2.05) is 0 Å². The number of esters is 2. The Labute approximate surface area is 188 Å². The van der Waals surface area contributed by atoms with E-state index >= 15 is 0 Å². The highest BCUT2D eigenvalue weighted by molar-refractivity contribution is 6.04. The Morgan fingerprint density at radius 2 is 1.82 bits per heavy atom. The highest BCUT2D eigenvalue weighted by Crippen LogP contribution is 2.30. The first kappa shape index (κ1) is 22.1. The zero-order chi connectivity index (χ0) is 23.7. The fourth-order valence-electron chi connectivity index (χ4n) is 3.66. The molecule has 4 aromatic rings. The van der Waals surface area contributed by atoms with E-state index in [1.54, 1.807) is 57.2 Å². The lowest BCUT2D eigenvalue weighted by atomic mass is 10.0. The molecule has 0 radical (unpaired) electrons. The Morgan fingerprint density at radius 3 is 2.55 bits per heavy atom. The Bertz CT molecular complexity index is 1430. The first-order chi connectivity index (χ1) is 15.8. The summed E-state index contributed by atoms with van der Waals surface area (Å²) in [5.74, 6) is -0.200. The van der Waals surface area contributed by atoms with Gasteiger partial charge in [-0.25, -0.2) is 9.59 Å². The number of furan rings is 1. The van der Waals surface area contributed by atoms with Crippen molar-refractivity contribution in [2.75, 3.05) is 13.7 Å². The Balaban J connectivity index is 1.74. The molecule has 0 aliphatic carbocycles. The number of hydrogen-bond acceptors (Lipinski definition) is 8. The predicted octanol–water partition coefficient (Wildman–Crippen LogP) is 4.63. The maximum Gasteiger partial charge on any atom is 0.346 e. The number of methoxy groups -OCH3 is 1. The van der Waals surface area contributed by atoms with Crippen molar-refractivity contribution in [3.05, 3.63) is 64.2 Å². The molecule has 1 unspecified atom stereocenters. The quantitative estimate of drug-likeness (QED) is 0.392. The average molecular weight is 450 g/mol. The summed E-state index contributed by atoms with van der Waals surface area (Å²) < 4.78 is 26.7. The van der Waals surface area contributed by atoms with E-state index in [9.17, 15) is 14.4 Å². The number of rotatable bonds is 6. The minimum Gasteiger partial charge on any atom is -0.479 e. The molecule has 2 heterocycles. The molecule has 2 aromatic carbocycles. The lowest BCUT2D eigenvalue weighted by Gasteiger charge is -2.13. The molecule has 33 heavy (non-hydrogen) atoms. The summed E-state index contributed by atoms with van der Waals surface area (Å²) >= 11 is 0. The molecular formula is C25H22O8. The van der Waals surface area contributed by atoms with Crippen molar-refractivity contribution in [2.24, 2.45) is 0 Å². The van der Waals surface area contributed by atoms with Gasteiger partial charge in [0.1, 0.15) is 34.5 Å². The standard InChI is InChI=1S/C25H22O8/c1-5-30-25(28)19-12-31-20-10-15(6-8-17(19)20)22-13(2)33-21-11-16(7-9-18(21)23(22)26)32-14(3)24(27)29-4/h6-12,14H,5H2,1-4H3. The van der Waals surface area contributed by atoms with Gasteiger partial charge in [0.15, 0.2) is 6.10 Å². The minimum atomic E-state index is -0.806. The molecule has 0 aliphatic heterocycles. The van der Waals surface area contributed by atoms with Gasteiger partial charge in [-0.3, -0.25) is 4.79 Å². The molecule has 0 N–H and O–H groups in total. The second-order valence-electron chi connectivity index (χ2n) is 7.38. The van der Waals surface area contributed by atoms with Gasteiger partial charge in [-0.15, -0.1) is 0 Å². The van der Waals surface area contributed by atoms with E-state index in [0.717, 1.165) is 0 Å². The van der Waals surface area contributed by atoms with Crippen LogP contribution in [0.25, 0.3) is 33.1 Å². The summed E-state index contributed by atoms with van der Waals surface area (Å²) in [5.41, 5.74) is 1.87. The summed E-state index contributed by atoms with van der Waals surface area (Å²) in [6, 6.07) is 9.90. The molecule has 0 amide bonds. The van der Waals surface area contributed by atoms with Crippen LogP contribution in [-0.4, -0.2) is 31.8 Å². The summed E-state index contributed by atoms with van der Waals surface area (Å²) in [6.45, 7) is 5.25. The first-order valence-electron chi connectivity index (χ1n) is 10.3. The van der Waals surface area contributed by atoms with Crippen LogP contribution in [0.1, 0.15) is 30.0 Å². The van der Waals surface area contributed by atoms with Crippen molar-refractivity contribution in [1.29, 1.82) is 0 Å². The van der Waals surface area contributed by atoms with Crippen LogP contribution in [-0.2, 0) is 14.3 Å². The monoisotopic (exact) mass is 450 g/mol. The number of benzene rings is 2. The van der Waals surface area contributed by atoms with E-state index in [4.69, 9.17) is 18.3 Å². The molecule has 8 nitrogen and oxygen atoms in total. The third-order valence-corrected chi connectivity index (χ3v) is 5.25. The van der Waals surface area contributed by atoms with Crippen LogP contribution in [0, 0.1) is 6.92 Å². The van der Waals surface area contributed by atoms with Gasteiger partial charge in [0.05, 0.1) is 24.7 Å². The molecule has 170 valence electrons. The van der Waals surface area contributed by atoms with Gasteiger partial charge in [0.2, 0.25) is 5.43 Å². The molecule has 8 heteroatoms. The molecule has 0 spiro atoms. The number of fused-ring (bicyclic) bond motifs is 2. The number of carbonyl (C=O) groups is 2. The van der Waals surface area contributed by atoms with E-state index in [-0.39, 0.29) is 12.0 Å². The van der Waals surface area contributed by atoms with Gasteiger partial charge in [0.25, 0.3) is 0 Å². The lowest BCUT2D eigenvalue weighted by Crippen LogP contribution is -2.24. The van der Waals surface area contributed by atoms with Crippen LogP contribution in [0.3, 0.4) is 0 Å². The van der Waals surface area contributed by atoms with E-state index in [2.05, 4.69) is 4.74 Å². The second kappa shape index (κ2) is 8.82. The van der Waals surface area contributed by atoms with Gasteiger partial charge >= 0.3 is 11.9 Å². The van der Waals surface area contributed by atoms with Gasteiger partial charge < -0.3 is 23.0 Å². The zero-order valence-electron chi connectivity index (χ0n) is 18.6. The van der Waals surface area contributed by atoms with Crippen molar-refractivity contribution in [3.63, 3.8) is 0 Å². The van der Waals surface area contributed by atoms with Crippen LogP contribution in [0.2, 0.25) is 0 Å². The first-order valence-corrected chi connectivity index (χ1v) is 10.3. The fourth-order valence-corrected chi connectivity index (χ4v) is 3.66. The predicted molar refractivity (Wildman–Crippen MR) is 120 cm³/mol. The molecule has 0 fully saturated rings. The normalized spacial score (nSPS) is 12.0. The summed E-state index contributed by atoms with van der Waals surface area (Å²) in [5, 5.41) is 0.960. The number of aryl methyl sites for hydroxylation is 1. The van der Waals surface area contributed by atoms with Gasteiger partial charge in [-0.1, -0.05) is 6.07 Å². The Morgan fingerprint density at radius 1 is 1.06 bits per heavy atom. The summed E-state index contributed by atoms with van der Waals surface area (Å²) in [7, 11) is 1.28. The molecule has 4 rings (SSSR count). The van der Waals surface area contributed by atoms with Crippen molar-refractivity contribution < 1.29 is 32.6 Å². The fraction of sp³-hybridized carbons (Fsp3) is 0.240. The van der Waals surface area contributed by atoms with E-state index in [1.165, 1.54) is 13.4 Å². The third-order valence-electron chi connectivity index (χ3n) is 5.25. The van der Waals surface area contributed by atoms with Crippen molar-refractivity contribution in [1.82, 2.24) is 0 Å². The highest BCUT2D eigenvalue weighted by Gasteiger charge is 2.20. The Hall–Kier alpha value is -4.07. The molecule has 0 saturated heterocycles. The SMILES string of the molecule is CCOC(=O)c1coc2cc(-c3c(C)oc4cc(OC(C)C(=O)OC)ccc4c3=O)ccc12. The van der Waals surface area contributed by atoms with Crippen molar-refractivity contribution in [2.45, 2.75) is 26.9 Å². The third kappa shape index (κ3) is 4.07.